The summed E-state index contributed by atoms with van der Waals surface area (Å²) in [6.45, 7) is 2.56. The fourth-order valence-corrected chi connectivity index (χ4v) is 1.67. The number of rotatable bonds is 5. The maximum absolute atomic E-state index is 12.0. The van der Waals surface area contributed by atoms with Gasteiger partial charge in [0.05, 0.1) is 10.5 Å². The highest BCUT2D eigenvalue weighted by atomic mass is 16.6. The maximum Gasteiger partial charge on any atom is 0.270 e. The van der Waals surface area contributed by atoms with Crippen LogP contribution in [0, 0.1) is 10.1 Å². The Morgan fingerprint density at radius 2 is 2.22 bits per heavy atom. The predicted molar refractivity (Wildman–Crippen MR) is 67.7 cm³/mol. The SMILES string of the molecule is CCNc1ccc([N+](=O)[O-])cc1C(=O)NC1CC1. The number of amides is 1. The van der Waals surface area contributed by atoms with Crippen molar-refractivity contribution in [3.05, 3.63) is 33.9 Å². The standard InChI is InChI=1S/C12H15N3O3/c1-2-13-11-6-5-9(15(17)18)7-10(11)12(16)14-8-3-4-8/h5-8,13H,2-4H2,1H3,(H,14,16). The van der Waals surface area contributed by atoms with E-state index in [1.807, 2.05) is 6.92 Å². The molecule has 0 saturated heterocycles. The highest BCUT2D eigenvalue weighted by Gasteiger charge is 2.25. The van der Waals surface area contributed by atoms with E-state index >= 15 is 0 Å². The minimum absolute atomic E-state index is 0.0717. The summed E-state index contributed by atoms with van der Waals surface area (Å²) >= 11 is 0. The van der Waals surface area contributed by atoms with Crippen LogP contribution in [0.5, 0.6) is 0 Å². The van der Waals surface area contributed by atoms with Gasteiger partial charge in [0.1, 0.15) is 0 Å². The van der Waals surface area contributed by atoms with Gasteiger partial charge in [-0.15, -0.1) is 0 Å². The molecule has 2 rings (SSSR count). The fraction of sp³-hybridized carbons (Fsp3) is 0.417. The third-order valence-corrected chi connectivity index (χ3v) is 2.74. The average molecular weight is 249 g/mol. The minimum atomic E-state index is -0.496. The molecule has 6 nitrogen and oxygen atoms in total. The number of nitrogens with one attached hydrogen (secondary N) is 2. The highest BCUT2D eigenvalue weighted by molar-refractivity contribution is 6.00. The lowest BCUT2D eigenvalue weighted by molar-refractivity contribution is -0.384. The summed E-state index contributed by atoms with van der Waals surface area (Å²) < 4.78 is 0. The van der Waals surface area contributed by atoms with E-state index < -0.39 is 4.92 Å². The first-order valence-corrected chi connectivity index (χ1v) is 5.95. The van der Waals surface area contributed by atoms with Gasteiger partial charge < -0.3 is 10.6 Å². The van der Waals surface area contributed by atoms with E-state index in [4.69, 9.17) is 0 Å². The van der Waals surface area contributed by atoms with Gasteiger partial charge in [-0.2, -0.15) is 0 Å². The quantitative estimate of drug-likeness (QED) is 0.616. The number of non-ortho nitro benzene ring substituents is 1. The predicted octanol–water partition coefficient (Wildman–Crippen LogP) is 1.92. The van der Waals surface area contributed by atoms with Gasteiger partial charge in [-0.3, -0.25) is 14.9 Å². The van der Waals surface area contributed by atoms with E-state index in [1.54, 1.807) is 6.07 Å². The van der Waals surface area contributed by atoms with Crippen LogP contribution in [0.25, 0.3) is 0 Å². The monoisotopic (exact) mass is 249 g/mol. The molecule has 6 heteroatoms. The summed E-state index contributed by atoms with van der Waals surface area (Å²) in [7, 11) is 0. The Morgan fingerprint density at radius 3 is 2.78 bits per heavy atom. The van der Waals surface area contributed by atoms with E-state index in [1.165, 1.54) is 12.1 Å². The van der Waals surface area contributed by atoms with E-state index in [9.17, 15) is 14.9 Å². The topological polar surface area (TPSA) is 84.3 Å². The van der Waals surface area contributed by atoms with Crippen LogP contribution < -0.4 is 10.6 Å². The Kier molecular flexibility index (Phi) is 3.45. The lowest BCUT2D eigenvalue weighted by atomic mass is 10.1. The van der Waals surface area contributed by atoms with Crippen molar-refractivity contribution in [3.63, 3.8) is 0 Å². The molecule has 0 unspecified atom stereocenters. The third kappa shape index (κ3) is 2.77. The smallest absolute Gasteiger partial charge is 0.270 e. The van der Waals surface area contributed by atoms with Crippen LogP contribution in [0.4, 0.5) is 11.4 Å². The Bertz CT molecular complexity index is 483. The number of anilines is 1. The van der Waals surface area contributed by atoms with Crippen LogP contribution >= 0.6 is 0 Å². The highest BCUT2D eigenvalue weighted by Crippen LogP contribution is 2.24. The molecular formula is C12H15N3O3. The summed E-state index contributed by atoms with van der Waals surface area (Å²) in [5, 5.41) is 16.6. The second-order valence-corrected chi connectivity index (χ2v) is 4.27. The molecule has 1 aromatic carbocycles. The first-order valence-electron chi connectivity index (χ1n) is 5.95. The van der Waals surface area contributed by atoms with Crippen LogP contribution in [-0.4, -0.2) is 23.4 Å². The fourth-order valence-electron chi connectivity index (χ4n) is 1.67. The first-order chi connectivity index (χ1) is 8.61. The average Bonchev–Trinajstić information content (AvgIpc) is 3.13. The zero-order valence-electron chi connectivity index (χ0n) is 10.1. The zero-order chi connectivity index (χ0) is 13.1. The molecule has 1 saturated carbocycles. The van der Waals surface area contributed by atoms with Crippen molar-refractivity contribution in [2.24, 2.45) is 0 Å². The van der Waals surface area contributed by atoms with Crippen molar-refractivity contribution in [2.45, 2.75) is 25.8 Å². The van der Waals surface area contributed by atoms with Gasteiger partial charge in [-0.25, -0.2) is 0 Å². The van der Waals surface area contributed by atoms with Gasteiger partial charge in [0.25, 0.3) is 11.6 Å². The normalized spacial score (nSPS) is 14.1. The van der Waals surface area contributed by atoms with Crippen molar-refractivity contribution in [1.82, 2.24) is 5.32 Å². The summed E-state index contributed by atoms with van der Waals surface area (Å²) in [4.78, 5) is 22.2. The minimum Gasteiger partial charge on any atom is -0.385 e. The second-order valence-electron chi connectivity index (χ2n) is 4.27. The van der Waals surface area contributed by atoms with Crippen molar-refractivity contribution >= 4 is 17.3 Å². The van der Waals surface area contributed by atoms with Gasteiger partial charge in [0.2, 0.25) is 0 Å². The number of nitro groups is 1. The second kappa shape index (κ2) is 5.03. The van der Waals surface area contributed by atoms with Crippen molar-refractivity contribution < 1.29 is 9.72 Å². The van der Waals surface area contributed by atoms with Crippen molar-refractivity contribution in [3.8, 4) is 0 Å². The molecule has 0 aromatic heterocycles. The van der Waals surface area contributed by atoms with E-state index in [0.29, 0.717) is 17.8 Å². The summed E-state index contributed by atoms with van der Waals surface area (Å²) in [5.74, 6) is -0.253. The molecule has 0 radical (unpaired) electrons. The van der Waals surface area contributed by atoms with Crippen LogP contribution in [-0.2, 0) is 0 Å². The Balaban J connectivity index is 2.29. The number of carbonyl (C=O) groups excluding carboxylic acids is 1. The summed E-state index contributed by atoms with van der Waals surface area (Å²) in [5.41, 5.74) is 0.886. The molecule has 18 heavy (non-hydrogen) atoms. The molecule has 0 heterocycles. The van der Waals surface area contributed by atoms with Crippen LogP contribution in [0.3, 0.4) is 0 Å². The third-order valence-electron chi connectivity index (χ3n) is 2.74. The number of hydrogen-bond donors (Lipinski definition) is 2. The first kappa shape index (κ1) is 12.3. The van der Waals surface area contributed by atoms with E-state index in [-0.39, 0.29) is 17.6 Å². The van der Waals surface area contributed by atoms with Crippen LogP contribution in [0.1, 0.15) is 30.1 Å². The Labute approximate surface area is 105 Å². The molecule has 0 bridgehead atoms. The molecule has 1 fully saturated rings. The number of nitrogens with zero attached hydrogens (tertiary/aromatic N) is 1. The Hall–Kier alpha value is -2.11. The van der Waals surface area contributed by atoms with Gasteiger partial charge in [-0.05, 0) is 25.8 Å². The number of hydrogen-bond acceptors (Lipinski definition) is 4. The molecule has 1 aliphatic rings. The molecule has 0 aliphatic heterocycles. The summed E-state index contributed by atoms with van der Waals surface area (Å²) in [6, 6.07) is 4.51. The van der Waals surface area contributed by atoms with E-state index in [2.05, 4.69) is 10.6 Å². The van der Waals surface area contributed by atoms with Crippen LogP contribution in [0.15, 0.2) is 18.2 Å². The van der Waals surface area contributed by atoms with Gasteiger partial charge in [0.15, 0.2) is 0 Å². The molecule has 0 spiro atoms. The number of benzene rings is 1. The van der Waals surface area contributed by atoms with Crippen molar-refractivity contribution in [2.75, 3.05) is 11.9 Å². The zero-order valence-corrected chi connectivity index (χ0v) is 10.1. The molecule has 96 valence electrons. The molecule has 0 atom stereocenters. The lowest BCUT2D eigenvalue weighted by Gasteiger charge is -2.10. The molecule has 1 aliphatic carbocycles. The Morgan fingerprint density at radius 1 is 1.50 bits per heavy atom. The maximum atomic E-state index is 12.0. The lowest BCUT2D eigenvalue weighted by Crippen LogP contribution is -2.26. The van der Waals surface area contributed by atoms with Gasteiger partial charge in [-0.1, -0.05) is 0 Å². The summed E-state index contributed by atoms with van der Waals surface area (Å²) in [6.07, 6.45) is 1.97. The number of nitro benzene ring substituents is 1. The molecule has 1 aromatic rings. The molecule has 2 N–H and O–H groups in total. The number of carbonyl (C=O) groups is 1. The largest absolute Gasteiger partial charge is 0.385 e. The van der Waals surface area contributed by atoms with Gasteiger partial charge >= 0.3 is 0 Å². The molecular weight excluding hydrogens is 234 g/mol. The van der Waals surface area contributed by atoms with Crippen LogP contribution in [0.2, 0.25) is 0 Å². The van der Waals surface area contributed by atoms with Crippen molar-refractivity contribution in [1.29, 1.82) is 0 Å². The molecule has 1 amide bonds. The van der Waals surface area contributed by atoms with E-state index in [0.717, 1.165) is 12.8 Å². The van der Waals surface area contributed by atoms with Gasteiger partial charge in [0, 0.05) is 30.4 Å².